The van der Waals surface area contributed by atoms with Crippen molar-refractivity contribution in [3.8, 4) is 0 Å². The Kier molecular flexibility index (Phi) is 2.62. The molecule has 0 radical (unpaired) electrons. The zero-order valence-corrected chi connectivity index (χ0v) is 7.55. The van der Waals surface area contributed by atoms with E-state index in [1.165, 1.54) is 0 Å². The van der Waals surface area contributed by atoms with Gasteiger partial charge in [0.05, 0.1) is 18.2 Å². The summed E-state index contributed by atoms with van der Waals surface area (Å²) < 4.78 is 5.08. The Morgan fingerprint density at radius 1 is 1.07 bits per heavy atom. The van der Waals surface area contributed by atoms with Crippen LogP contribution in [0, 0.1) is 0 Å². The smallest absolute Gasteiger partial charge is 0.146 e. The highest BCUT2D eigenvalue weighted by atomic mass is 16.3. The number of hydrogen-bond donors (Lipinski definition) is 1. The highest BCUT2D eigenvalue weighted by molar-refractivity contribution is 5.76. The lowest BCUT2D eigenvalue weighted by molar-refractivity contribution is 0.560. The molecular weight excluding hydrogens is 176 g/mol. The minimum atomic E-state index is 0.730. The molecular formula is C11H10N2O. The summed E-state index contributed by atoms with van der Waals surface area (Å²) in [7, 11) is 0. The first-order valence-corrected chi connectivity index (χ1v) is 4.33. The van der Waals surface area contributed by atoms with Crippen LogP contribution in [0.4, 0.5) is 5.69 Å². The van der Waals surface area contributed by atoms with Crippen LogP contribution in [0.5, 0.6) is 0 Å². The first kappa shape index (κ1) is 8.56. The first-order valence-electron chi connectivity index (χ1n) is 4.33. The maximum atomic E-state index is 5.08. The topological polar surface area (TPSA) is 37.5 Å². The van der Waals surface area contributed by atoms with Crippen LogP contribution < -0.4 is 5.43 Å². The molecule has 2 rings (SSSR count). The third kappa shape index (κ3) is 2.23. The van der Waals surface area contributed by atoms with Gasteiger partial charge in [0, 0.05) is 0 Å². The van der Waals surface area contributed by atoms with Crippen LogP contribution >= 0.6 is 0 Å². The summed E-state index contributed by atoms with van der Waals surface area (Å²) in [5.41, 5.74) is 3.85. The van der Waals surface area contributed by atoms with Crippen molar-refractivity contribution in [2.45, 2.75) is 0 Å². The molecule has 0 aliphatic heterocycles. The number of hydrogen-bond acceptors (Lipinski definition) is 3. The molecule has 1 aromatic heterocycles. The lowest BCUT2D eigenvalue weighted by atomic mass is 10.3. The molecule has 0 aliphatic rings. The fourth-order valence-corrected chi connectivity index (χ4v) is 1.05. The highest BCUT2D eigenvalue weighted by Crippen LogP contribution is 2.04. The molecule has 0 unspecified atom stereocenters. The SMILES string of the molecule is C(=N\Nc1ccccc1)/c1ccco1. The van der Waals surface area contributed by atoms with Crippen molar-refractivity contribution >= 4 is 11.9 Å². The standard InChI is InChI=1S/C11H10N2O/c1-2-5-10(6-3-1)13-12-9-11-7-4-8-14-11/h1-9,13H/b12-9+. The molecule has 0 amide bonds. The van der Waals surface area contributed by atoms with Crippen molar-refractivity contribution in [3.63, 3.8) is 0 Å². The molecule has 14 heavy (non-hydrogen) atoms. The Bertz CT molecular complexity index is 392. The van der Waals surface area contributed by atoms with Crippen molar-refractivity contribution in [2.24, 2.45) is 5.10 Å². The normalized spacial score (nSPS) is 10.6. The summed E-state index contributed by atoms with van der Waals surface area (Å²) >= 11 is 0. The summed E-state index contributed by atoms with van der Waals surface area (Å²) in [6, 6.07) is 13.4. The number of furan rings is 1. The van der Waals surface area contributed by atoms with Gasteiger partial charge in [0.25, 0.3) is 0 Å². The van der Waals surface area contributed by atoms with Gasteiger partial charge in [-0.25, -0.2) is 0 Å². The van der Waals surface area contributed by atoms with Crippen LogP contribution in [0.3, 0.4) is 0 Å². The van der Waals surface area contributed by atoms with E-state index in [9.17, 15) is 0 Å². The van der Waals surface area contributed by atoms with Crippen LogP contribution in [0.15, 0.2) is 58.2 Å². The molecule has 1 aromatic carbocycles. The molecule has 1 N–H and O–H groups in total. The zero-order valence-electron chi connectivity index (χ0n) is 7.55. The van der Waals surface area contributed by atoms with Crippen LogP contribution in [0.1, 0.15) is 5.76 Å². The maximum Gasteiger partial charge on any atom is 0.146 e. The Morgan fingerprint density at radius 2 is 1.93 bits per heavy atom. The Balaban J connectivity index is 1.95. The third-order valence-electron chi connectivity index (χ3n) is 1.70. The number of para-hydroxylation sites is 1. The van der Waals surface area contributed by atoms with Crippen LogP contribution in [0.2, 0.25) is 0 Å². The molecule has 0 fully saturated rings. The zero-order chi connectivity index (χ0) is 9.64. The molecule has 0 saturated heterocycles. The molecule has 0 saturated carbocycles. The second-order valence-electron chi connectivity index (χ2n) is 2.75. The average molecular weight is 186 g/mol. The van der Waals surface area contributed by atoms with E-state index in [1.54, 1.807) is 12.5 Å². The Morgan fingerprint density at radius 3 is 2.64 bits per heavy atom. The summed E-state index contributed by atoms with van der Waals surface area (Å²) in [4.78, 5) is 0. The average Bonchev–Trinajstić information content (AvgIpc) is 2.72. The second-order valence-corrected chi connectivity index (χ2v) is 2.75. The van der Waals surface area contributed by atoms with Gasteiger partial charge in [-0.05, 0) is 24.3 Å². The van der Waals surface area contributed by atoms with E-state index in [4.69, 9.17) is 4.42 Å². The number of hydrazone groups is 1. The van der Waals surface area contributed by atoms with Crippen molar-refractivity contribution < 1.29 is 4.42 Å². The van der Waals surface area contributed by atoms with E-state index in [0.29, 0.717) is 0 Å². The number of nitrogens with one attached hydrogen (secondary N) is 1. The number of rotatable bonds is 3. The lowest BCUT2D eigenvalue weighted by Gasteiger charge is -1.96. The fraction of sp³-hybridized carbons (Fsp3) is 0. The van der Waals surface area contributed by atoms with Crippen molar-refractivity contribution in [3.05, 3.63) is 54.5 Å². The van der Waals surface area contributed by atoms with Gasteiger partial charge < -0.3 is 4.42 Å². The molecule has 0 aliphatic carbocycles. The van der Waals surface area contributed by atoms with Gasteiger partial charge in [-0.2, -0.15) is 5.10 Å². The third-order valence-corrected chi connectivity index (χ3v) is 1.70. The predicted molar refractivity (Wildman–Crippen MR) is 56.4 cm³/mol. The molecule has 1 heterocycles. The van der Waals surface area contributed by atoms with E-state index in [-0.39, 0.29) is 0 Å². The summed E-state index contributed by atoms with van der Waals surface area (Å²) in [5, 5.41) is 4.02. The van der Waals surface area contributed by atoms with Gasteiger partial charge in [0.1, 0.15) is 5.76 Å². The fourth-order valence-electron chi connectivity index (χ4n) is 1.05. The molecule has 3 heteroatoms. The minimum absolute atomic E-state index is 0.730. The quantitative estimate of drug-likeness (QED) is 0.591. The van der Waals surface area contributed by atoms with Gasteiger partial charge in [0.2, 0.25) is 0 Å². The van der Waals surface area contributed by atoms with Gasteiger partial charge in [0.15, 0.2) is 0 Å². The van der Waals surface area contributed by atoms with Gasteiger partial charge in [-0.15, -0.1) is 0 Å². The van der Waals surface area contributed by atoms with Crippen molar-refractivity contribution in [1.29, 1.82) is 0 Å². The summed E-state index contributed by atoms with van der Waals surface area (Å²) in [6.45, 7) is 0. The van der Waals surface area contributed by atoms with E-state index in [2.05, 4.69) is 10.5 Å². The maximum absolute atomic E-state index is 5.08. The lowest BCUT2D eigenvalue weighted by Crippen LogP contribution is -1.88. The van der Waals surface area contributed by atoms with Crippen LogP contribution in [-0.2, 0) is 0 Å². The second kappa shape index (κ2) is 4.28. The summed E-state index contributed by atoms with van der Waals surface area (Å²) in [5.74, 6) is 0.730. The molecule has 3 nitrogen and oxygen atoms in total. The Labute approximate surface area is 82.1 Å². The largest absolute Gasteiger partial charge is 0.463 e. The van der Waals surface area contributed by atoms with Crippen LogP contribution in [0.25, 0.3) is 0 Å². The monoisotopic (exact) mass is 186 g/mol. The minimum Gasteiger partial charge on any atom is -0.463 e. The van der Waals surface area contributed by atoms with Crippen molar-refractivity contribution in [1.82, 2.24) is 0 Å². The molecule has 0 spiro atoms. The van der Waals surface area contributed by atoms with E-state index in [1.807, 2.05) is 42.5 Å². The van der Waals surface area contributed by atoms with Crippen molar-refractivity contribution in [2.75, 3.05) is 5.43 Å². The molecule has 2 aromatic rings. The van der Waals surface area contributed by atoms with E-state index in [0.717, 1.165) is 11.4 Å². The van der Waals surface area contributed by atoms with E-state index < -0.39 is 0 Å². The number of anilines is 1. The molecule has 0 atom stereocenters. The van der Waals surface area contributed by atoms with Crippen LogP contribution in [-0.4, -0.2) is 6.21 Å². The van der Waals surface area contributed by atoms with Gasteiger partial charge in [-0.3, -0.25) is 5.43 Å². The summed E-state index contributed by atoms with van der Waals surface area (Å²) in [6.07, 6.45) is 3.25. The first-order chi connectivity index (χ1) is 6.95. The van der Waals surface area contributed by atoms with E-state index >= 15 is 0 Å². The highest BCUT2D eigenvalue weighted by Gasteiger charge is 1.88. The molecule has 70 valence electrons. The molecule has 0 bridgehead atoms. The predicted octanol–water partition coefficient (Wildman–Crippen LogP) is 2.73. The van der Waals surface area contributed by atoms with Gasteiger partial charge in [-0.1, -0.05) is 18.2 Å². The number of benzene rings is 1. The Hall–Kier alpha value is -2.03. The number of nitrogens with zero attached hydrogens (tertiary/aromatic N) is 1. The van der Waals surface area contributed by atoms with Gasteiger partial charge >= 0.3 is 0 Å².